The van der Waals surface area contributed by atoms with Gasteiger partial charge in [0.1, 0.15) is 12.1 Å². The summed E-state index contributed by atoms with van der Waals surface area (Å²) in [7, 11) is 1.89. The number of nitrogens with zero attached hydrogens (tertiary/aromatic N) is 2. The van der Waals surface area contributed by atoms with E-state index in [1.165, 1.54) is 0 Å². The molecule has 0 radical (unpaired) electrons. The standard InChI is InChI=1S/C10H11N3/c1-11-10-7-12-8-13(10)9-5-3-2-4-6-9/h2-8,11H,1H3. The topological polar surface area (TPSA) is 29.9 Å². The van der Waals surface area contributed by atoms with Gasteiger partial charge in [-0.2, -0.15) is 0 Å². The monoisotopic (exact) mass is 173 g/mol. The maximum absolute atomic E-state index is 4.07. The first-order chi connectivity index (χ1) is 6.42. The van der Waals surface area contributed by atoms with Gasteiger partial charge in [0.05, 0.1) is 6.20 Å². The first-order valence-electron chi connectivity index (χ1n) is 4.17. The zero-order chi connectivity index (χ0) is 9.10. The summed E-state index contributed by atoms with van der Waals surface area (Å²) in [6, 6.07) is 10.1. The van der Waals surface area contributed by atoms with Gasteiger partial charge in [0.25, 0.3) is 0 Å². The molecule has 2 aromatic rings. The van der Waals surface area contributed by atoms with E-state index in [9.17, 15) is 0 Å². The highest BCUT2D eigenvalue weighted by molar-refractivity contribution is 5.43. The van der Waals surface area contributed by atoms with Gasteiger partial charge in [0.15, 0.2) is 0 Å². The molecule has 0 atom stereocenters. The average Bonchev–Trinajstić information content (AvgIpc) is 2.67. The van der Waals surface area contributed by atoms with E-state index in [1.807, 2.05) is 41.9 Å². The summed E-state index contributed by atoms with van der Waals surface area (Å²) in [5.74, 6) is 0.992. The fraction of sp³-hybridized carbons (Fsp3) is 0.100. The Morgan fingerprint density at radius 2 is 2.00 bits per heavy atom. The molecule has 0 aliphatic carbocycles. The highest BCUT2D eigenvalue weighted by atomic mass is 15.1. The molecular formula is C10H11N3. The first-order valence-corrected chi connectivity index (χ1v) is 4.17. The Balaban J connectivity index is 2.47. The lowest BCUT2D eigenvalue weighted by Gasteiger charge is -2.06. The highest BCUT2D eigenvalue weighted by Gasteiger charge is 1.99. The Morgan fingerprint density at radius 1 is 1.23 bits per heavy atom. The molecule has 0 unspecified atom stereocenters. The number of rotatable bonds is 2. The van der Waals surface area contributed by atoms with Crippen LogP contribution in [0.4, 0.5) is 5.82 Å². The Kier molecular flexibility index (Phi) is 2.00. The van der Waals surface area contributed by atoms with E-state index in [-0.39, 0.29) is 0 Å². The SMILES string of the molecule is CNc1cncn1-c1ccccc1. The lowest BCUT2D eigenvalue weighted by Crippen LogP contribution is -1.98. The van der Waals surface area contributed by atoms with Crippen LogP contribution in [0.5, 0.6) is 0 Å². The van der Waals surface area contributed by atoms with Crippen molar-refractivity contribution in [1.29, 1.82) is 0 Å². The number of imidazole rings is 1. The summed E-state index contributed by atoms with van der Waals surface area (Å²) in [6.07, 6.45) is 3.59. The van der Waals surface area contributed by atoms with Crippen molar-refractivity contribution in [2.45, 2.75) is 0 Å². The molecule has 0 saturated heterocycles. The Morgan fingerprint density at radius 3 is 2.69 bits per heavy atom. The minimum absolute atomic E-state index is 0.992. The van der Waals surface area contributed by atoms with Crippen molar-refractivity contribution in [2.24, 2.45) is 0 Å². The van der Waals surface area contributed by atoms with Crippen LogP contribution in [0.1, 0.15) is 0 Å². The number of aromatic nitrogens is 2. The van der Waals surface area contributed by atoms with Gasteiger partial charge in [0.2, 0.25) is 0 Å². The van der Waals surface area contributed by atoms with Crippen LogP contribution in [0, 0.1) is 0 Å². The molecule has 0 saturated carbocycles. The van der Waals surface area contributed by atoms with Gasteiger partial charge in [-0.1, -0.05) is 18.2 Å². The Bertz CT molecular complexity index is 378. The zero-order valence-electron chi connectivity index (χ0n) is 7.44. The molecule has 0 aliphatic heterocycles. The molecule has 1 heterocycles. The van der Waals surface area contributed by atoms with Gasteiger partial charge in [0, 0.05) is 12.7 Å². The third-order valence-electron chi connectivity index (χ3n) is 1.93. The lowest BCUT2D eigenvalue weighted by atomic mass is 10.3. The van der Waals surface area contributed by atoms with E-state index >= 15 is 0 Å². The Hall–Kier alpha value is -1.77. The van der Waals surface area contributed by atoms with Crippen LogP contribution in [0.25, 0.3) is 5.69 Å². The minimum Gasteiger partial charge on any atom is -0.373 e. The van der Waals surface area contributed by atoms with Crippen LogP contribution >= 0.6 is 0 Å². The quantitative estimate of drug-likeness (QED) is 0.751. The molecular weight excluding hydrogens is 162 g/mol. The van der Waals surface area contributed by atoms with Crippen LogP contribution in [0.2, 0.25) is 0 Å². The second-order valence-corrected chi connectivity index (χ2v) is 2.73. The van der Waals surface area contributed by atoms with Crippen LogP contribution in [-0.4, -0.2) is 16.6 Å². The van der Waals surface area contributed by atoms with Crippen molar-refractivity contribution in [3.63, 3.8) is 0 Å². The van der Waals surface area contributed by atoms with Crippen molar-refractivity contribution in [3.05, 3.63) is 42.9 Å². The molecule has 1 aromatic carbocycles. The van der Waals surface area contributed by atoms with Gasteiger partial charge in [-0.25, -0.2) is 4.98 Å². The maximum Gasteiger partial charge on any atom is 0.130 e. The molecule has 0 bridgehead atoms. The Labute approximate surface area is 77.0 Å². The number of hydrogen-bond acceptors (Lipinski definition) is 2. The molecule has 1 aromatic heterocycles. The second-order valence-electron chi connectivity index (χ2n) is 2.73. The van der Waals surface area contributed by atoms with E-state index in [2.05, 4.69) is 10.3 Å². The third-order valence-corrected chi connectivity index (χ3v) is 1.93. The summed E-state index contributed by atoms with van der Waals surface area (Å²) in [5, 5.41) is 3.07. The minimum atomic E-state index is 0.992. The van der Waals surface area contributed by atoms with Crippen molar-refractivity contribution in [2.75, 3.05) is 12.4 Å². The molecule has 0 fully saturated rings. The van der Waals surface area contributed by atoms with E-state index in [4.69, 9.17) is 0 Å². The smallest absolute Gasteiger partial charge is 0.130 e. The molecule has 0 amide bonds. The number of hydrogen-bond donors (Lipinski definition) is 1. The van der Waals surface area contributed by atoms with Gasteiger partial charge in [-0.15, -0.1) is 0 Å². The predicted octanol–water partition coefficient (Wildman–Crippen LogP) is 1.91. The lowest BCUT2D eigenvalue weighted by molar-refractivity contribution is 1.06. The molecule has 0 spiro atoms. The summed E-state index contributed by atoms with van der Waals surface area (Å²) >= 11 is 0. The summed E-state index contributed by atoms with van der Waals surface area (Å²) in [4.78, 5) is 4.07. The number of para-hydroxylation sites is 1. The van der Waals surface area contributed by atoms with E-state index in [1.54, 1.807) is 12.5 Å². The molecule has 3 nitrogen and oxygen atoms in total. The van der Waals surface area contributed by atoms with E-state index in [0.29, 0.717) is 0 Å². The molecule has 0 aliphatic rings. The van der Waals surface area contributed by atoms with Crippen molar-refractivity contribution in [1.82, 2.24) is 9.55 Å². The van der Waals surface area contributed by atoms with Gasteiger partial charge < -0.3 is 5.32 Å². The van der Waals surface area contributed by atoms with Crippen LogP contribution in [-0.2, 0) is 0 Å². The average molecular weight is 173 g/mol. The predicted molar refractivity (Wildman–Crippen MR) is 53.1 cm³/mol. The molecule has 13 heavy (non-hydrogen) atoms. The molecule has 2 rings (SSSR count). The number of anilines is 1. The van der Waals surface area contributed by atoms with Crippen molar-refractivity contribution < 1.29 is 0 Å². The van der Waals surface area contributed by atoms with Crippen LogP contribution < -0.4 is 5.32 Å². The fourth-order valence-electron chi connectivity index (χ4n) is 1.27. The maximum atomic E-state index is 4.07. The third kappa shape index (κ3) is 1.40. The van der Waals surface area contributed by atoms with Crippen molar-refractivity contribution in [3.8, 4) is 5.69 Å². The largest absolute Gasteiger partial charge is 0.373 e. The molecule has 3 heteroatoms. The van der Waals surface area contributed by atoms with Crippen molar-refractivity contribution >= 4 is 5.82 Å². The fourth-order valence-corrected chi connectivity index (χ4v) is 1.27. The van der Waals surface area contributed by atoms with Gasteiger partial charge in [-0.3, -0.25) is 4.57 Å². The van der Waals surface area contributed by atoms with Crippen LogP contribution in [0.15, 0.2) is 42.9 Å². The summed E-state index contributed by atoms with van der Waals surface area (Å²) in [6.45, 7) is 0. The van der Waals surface area contributed by atoms with Crippen LogP contribution in [0.3, 0.4) is 0 Å². The van der Waals surface area contributed by atoms with Gasteiger partial charge >= 0.3 is 0 Å². The normalized spacial score (nSPS) is 9.92. The number of benzene rings is 1. The summed E-state index contributed by atoms with van der Waals surface area (Å²) in [5.41, 5.74) is 1.12. The highest BCUT2D eigenvalue weighted by Crippen LogP contribution is 2.13. The summed E-state index contributed by atoms with van der Waals surface area (Å²) < 4.78 is 2.00. The number of nitrogens with one attached hydrogen (secondary N) is 1. The molecule has 1 N–H and O–H groups in total. The van der Waals surface area contributed by atoms with E-state index in [0.717, 1.165) is 11.5 Å². The molecule has 66 valence electrons. The first kappa shape index (κ1) is 7.86. The van der Waals surface area contributed by atoms with Gasteiger partial charge in [-0.05, 0) is 12.1 Å². The second kappa shape index (κ2) is 3.31. The van der Waals surface area contributed by atoms with E-state index < -0.39 is 0 Å². The zero-order valence-corrected chi connectivity index (χ0v) is 7.44.